The average molecular weight is 476 g/mol. The quantitative estimate of drug-likeness (QED) is 0.539. The second-order valence-electron chi connectivity index (χ2n) is 7.41. The second-order valence-corrected chi connectivity index (χ2v) is 8.32. The lowest BCUT2D eigenvalue weighted by Crippen LogP contribution is -2.47. The van der Waals surface area contributed by atoms with Crippen molar-refractivity contribution in [3.8, 4) is 11.5 Å². The molecule has 2 aliphatic heterocycles. The Balaban J connectivity index is 1.63. The summed E-state index contributed by atoms with van der Waals surface area (Å²) < 4.78 is 24.1. The molecule has 0 bridgehead atoms. The maximum absolute atomic E-state index is 13.5. The lowest BCUT2D eigenvalue weighted by molar-refractivity contribution is -0.256. The van der Waals surface area contributed by atoms with Crippen LogP contribution in [-0.2, 0) is 26.6 Å². The third kappa shape index (κ3) is 3.82. The van der Waals surface area contributed by atoms with Crippen molar-refractivity contribution in [1.29, 1.82) is 0 Å². The zero-order chi connectivity index (χ0) is 21.1. The highest BCUT2D eigenvalue weighted by Gasteiger charge is 2.54. The second kappa shape index (κ2) is 8.96. The van der Waals surface area contributed by atoms with Crippen molar-refractivity contribution in [1.82, 2.24) is 0 Å². The molecule has 0 unspecified atom stereocenters. The van der Waals surface area contributed by atoms with Crippen molar-refractivity contribution in [3.63, 3.8) is 0 Å². The summed E-state index contributed by atoms with van der Waals surface area (Å²) in [7, 11) is 1.62. The molecule has 30 heavy (non-hydrogen) atoms. The Morgan fingerprint density at radius 2 is 1.93 bits per heavy atom. The van der Waals surface area contributed by atoms with E-state index in [-0.39, 0.29) is 5.91 Å². The fraction of sp³-hybridized carbons (Fsp3) is 0.435. The Hall–Kier alpha value is -2.09. The number of carbonyl (C=O) groups excluding carboxylic acids is 1. The third-order valence-electron chi connectivity index (χ3n) is 5.35. The SMILES string of the molecule is CCCCOc1ccc(CN2C(=O)C3(OCCCO3)c3cc(Br)ccc32)cc1OC. The predicted octanol–water partition coefficient (Wildman–Crippen LogP) is 4.77. The number of anilines is 1. The van der Waals surface area contributed by atoms with E-state index in [0.29, 0.717) is 37.9 Å². The number of ether oxygens (including phenoxy) is 4. The molecule has 1 spiro atoms. The van der Waals surface area contributed by atoms with E-state index < -0.39 is 5.79 Å². The molecule has 0 aliphatic carbocycles. The van der Waals surface area contributed by atoms with Crippen LogP contribution in [0, 0.1) is 0 Å². The third-order valence-corrected chi connectivity index (χ3v) is 5.85. The molecule has 0 atom stereocenters. The van der Waals surface area contributed by atoms with E-state index in [4.69, 9.17) is 18.9 Å². The van der Waals surface area contributed by atoms with Crippen LogP contribution in [0.25, 0.3) is 0 Å². The number of benzene rings is 2. The summed E-state index contributed by atoms with van der Waals surface area (Å²) in [4.78, 5) is 15.2. The van der Waals surface area contributed by atoms with Crippen molar-refractivity contribution in [2.75, 3.05) is 31.8 Å². The molecule has 1 saturated heterocycles. The number of hydrogen-bond acceptors (Lipinski definition) is 5. The molecule has 2 heterocycles. The Kier molecular flexibility index (Phi) is 6.32. The summed E-state index contributed by atoms with van der Waals surface area (Å²) in [6.07, 6.45) is 2.83. The Labute approximate surface area is 185 Å². The van der Waals surface area contributed by atoms with Gasteiger partial charge in [-0.3, -0.25) is 4.79 Å². The first kappa shape index (κ1) is 21.2. The van der Waals surface area contributed by atoms with Gasteiger partial charge < -0.3 is 23.8 Å². The largest absolute Gasteiger partial charge is 0.493 e. The first-order valence-electron chi connectivity index (χ1n) is 10.3. The number of carbonyl (C=O) groups is 1. The molecule has 0 radical (unpaired) electrons. The molecule has 0 N–H and O–H groups in total. The van der Waals surface area contributed by atoms with Gasteiger partial charge in [-0.05, 0) is 48.7 Å². The van der Waals surface area contributed by atoms with Crippen molar-refractivity contribution in [2.45, 2.75) is 38.5 Å². The molecule has 0 saturated carbocycles. The van der Waals surface area contributed by atoms with Crippen molar-refractivity contribution in [3.05, 3.63) is 52.0 Å². The van der Waals surface area contributed by atoms with E-state index in [1.807, 2.05) is 36.4 Å². The van der Waals surface area contributed by atoms with Gasteiger partial charge in [-0.1, -0.05) is 35.3 Å². The maximum Gasteiger partial charge on any atom is 0.292 e. The van der Waals surface area contributed by atoms with Crippen LogP contribution in [0.2, 0.25) is 0 Å². The van der Waals surface area contributed by atoms with Crippen LogP contribution in [-0.4, -0.2) is 32.8 Å². The molecule has 2 aromatic rings. The fourth-order valence-corrected chi connectivity index (χ4v) is 4.18. The first-order valence-corrected chi connectivity index (χ1v) is 11.1. The van der Waals surface area contributed by atoms with Crippen LogP contribution in [0.3, 0.4) is 0 Å². The van der Waals surface area contributed by atoms with Crippen molar-refractivity contribution < 1.29 is 23.7 Å². The van der Waals surface area contributed by atoms with Gasteiger partial charge >= 0.3 is 0 Å². The molecule has 4 rings (SSSR count). The number of rotatable bonds is 7. The van der Waals surface area contributed by atoms with E-state index in [0.717, 1.165) is 40.5 Å². The number of hydrogen-bond donors (Lipinski definition) is 0. The van der Waals surface area contributed by atoms with Crippen molar-refractivity contribution >= 4 is 27.5 Å². The molecule has 160 valence electrons. The minimum absolute atomic E-state index is 0.197. The summed E-state index contributed by atoms with van der Waals surface area (Å²) in [5.41, 5.74) is 2.48. The predicted molar refractivity (Wildman–Crippen MR) is 117 cm³/mol. The number of nitrogens with zero attached hydrogens (tertiary/aromatic N) is 1. The monoisotopic (exact) mass is 475 g/mol. The minimum atomic E-state index is -1.36. The molecule has 6 nitrogen and oxygen atoms in total. The molecule has 2 aliphatic rings. The lowest BCUT2D eigenvalue weighted by Gasteiger charge is -2.32. The van der Waals surface area contributed by atoms with Gasteiger partial charge in [0, 0.05) is 10.0 Å². The van der Waals surface area contributed by atoms with Gasteiger partial charge in [0.25, 0.3) is 11.7 Å². The number of amides is 1. The summed E-state index contributed by atoms with van der Waals surface area (Å²) in [5.74, 6) is -0.184. The number of unbranched alkanes of at least 4 members (excludes halogenated alkanes) is 1. The summed E-state index contributed by atoms with van der Waals surface area (Å²) in [5, 5.41) is 0. The van der Waals surface area contributed by atoms with Crippen LogP contribution < -0.4 is 14.4 Å². The van der Waals surface area contributed by atoms with E-state index in [1.165, 1.54) is 0 Å². The van der Waals surface area contributed by atoms with Gasteiger partial charge in [0.2, 0.25) is 0 Å². The van der Waals surface area contributed by atoms with Gasteiger partial charge in [-0.2, -0.15) is 0 Å². The molecule has 1 fully saturated rings. The number of halogens is 1. The summed E-state index contributed by atoms with van der Waals surface area (Å²) in [6.45, 7) is 4.13. The number of methoxy groups -OCH3 is 1. The molecular weight excluding hydrogens is 450 g/mol. The fourth-order valence-electron chi connectivity index (χ4n) is 3.82. The van der Waals surface area contributed by atoms with Crippen LogP contribution in [0.5, 0.6) is 11.5 Å². The van der Waals surface area contributed by atoms with Crippen LogP contribution >= 0.6 is 15.9 Å². The lowest BCUT2D eigenvalue weighted by atomic mass is 10.1. The molecule has 0 aromatic heterocycles. The molecule has 1 amide bonds. The molecular formula is C23H26BrNO5. The smallest absolute Gasteiger partial charge is 0.292 e. The summed E-state index contributed by atoms with van der Waals surface area (Å²) in [6, 6.07) is 11.5. The molecule has 7 heteroatoms. The average Bonchev–Trinajstić information content (AvgIpc) is 2.97. The van der Waals surface area contributed by atoms with E-state index in [1.54, 1.807) is 12.0 Å². The minimum Gasteiger partial charge on any atom is -0.493 e. The zero-order valence-corrected chi connectivity index (χ0v) is 18.9. The first-order chi connectivity index (χ1) is 14.6. The highest BCUT2D eigenvalue weighted by molar-refractivity contribution is 9.10. The maximum atomic E-state index is 13.5. The Bertz CT molecular complexity index is 926. The highest BCUT2D eigenvalue weighted by Crippen LogP contribution is 2.47. The van der Waals surface area contributed by atoms with Crippen LogP contribution in [0.1, 0.15) is 37.3 Å². The van der Waals surface area contributed by atoms with Crippen molar-refractivity contribution in [2.24, 2.45) is 0 Å². The van der Waals surface area contributed by atoms with Crippen LogP contribution in [0.15, 0.2) is 40.9 Å². The van der Waals surface area contributed by atoms with E-state index in [2.05, 4.69) is 22.9 Å². The Morgan fingerprint density at radius 1 is 1.13 bits per heavy atom. The molecule has 2 aromatic carbocycles. The Morgan fingerprint density at radius 3 is 2.67 bits per heavy atom. The number of fused-ring (bicyclic) bond motifs is 2. The van der Waals surface area contributed by atoms with Crippen LogP contribution in [0.4, 0.5) is 5.69 Å². The van der Waals surface area contributed by atoms with Gasteiger partial charge in [0.1, 0.15) is 0 Å². The van der Waals surface area contributed by atoms with E-state index >= 15 is 0 Å². The normalized spacial score (nSPS) is 17.3. The summed E-state index contributed by atoms with van der Waals surface area (Å²) >= 11 is 3.50. The standard InChI is InChI=1S/C23H26BrNO5/c1-3-4-10-28-20-9-6-16(13-21(20)27-2)15-25-19-8-7-17(24)14-18(19)23(22(25)26)29-11-5-12-30-23/h6-9,13-14H,3-5,10-12,15H2,1-2H3. The van der Waals surface area contributed by atoms with E-state index in [9.17, 15) is 4.79 Å². The zero-order valence-electron chi connectivity index (χ0n) is 17.3. The van der Waals surface area contributed by atoms with Gasteiger partial charge in [-0.15, -0.1) is 0 Å². The topological polar surface area (TPSA) is 57.2 Å². The van der Waals surface area contributed by atoms with Gasteiger partial charge in [0.05, 0.1) is 39.2 Å². The van der Waals surface area contributed by atoms with Gasteiger partial charge in [0.15, 0.2) is 11.5 Å². The van der Waals surface area contributed by atoms with Gasteiger partial charge in [-0.25, -0.2) is 0 Å². The highest BCUT2D eigenvalue weighted by atomic mass is 79.9.